The molecule has 0 unspecified atom stereocenters. The third kappa shape index (κ3) is 5.19. The van der Waals surface area contributed by atoms with Gasteiger partial charge in [0.25, 0.3) is 0 Å². The third-order valence-corrected chi connectivity index (χ3v) is 3.04. The maximum absolute atomic E-state index is 5.56. The standard InChI is InChI=1S/C14H27N3O/c1-4-6-9-18-10-8-17-13(3)14(12-16-17)11-15-7-5-2/h12,15H,4-11H2,1-3H3. The molecule has 1 heterocycles. The van der Waals surface area contributed by atoms with E-state index in [0.717, 1.165) is 39.3 Å². The molecule has 0 bridgehead atoms. The Kier molecular flexibility index (Phi) is 7.69. The number of unbranched alkanes of at least 4 members (excludes halogenated alkanes) is 1. The molecule has 1 aromatic rings. The molecular weight excluding hydrogens is 226 g/mol. The van der Waals surface area contributed by atoms with Crippen LogP contribution in [0.2, 0.25) is 0 Å². The summed E-state index contributed by atoms with van der Waals surface area (Å²) in [4.78, 5) is 0. The van der Waals surface area contributed by atoms with Crippen LogP contribution in [0.4, 0.5) is 0 Å². The lowest BCUT2D eigenvalue weighted by atomic mass is 10.2. The first-order valence-electron chi connectivity index (χ1n) is 7.09. The molecule has 1 aromatic heterocycles. The molecule has 18 heavy (non-hydrogen) atoms. The summed E-state index contributed by atoms with van der Waals surface area (Å²) in [5.41, 5.74) is 2.54. The average Bonchev–Trinajstić information content (AvgIpc) is 2.71. The van der Waals surface area contributed by atoms with Crippen LogP contribution < -0.4 is 5.32 Å². The summed E-state index contributed by atoms with van der Waals surface area (Å²) >= 11 is 0. The van der Waals surface area contributed by atoms with E-state index in [0.29, 0.717) is 0 Å². The van der Waals surface area contributed by atoms with Crippen molar-refractivity contribution in [3.05, 3.63) is 17.5 Å². The molecule has 0 spiro atoms. The van der Waals surface area contributed by atoms with Crippen LogP contribution in [0.5, 0.6) is 0 Å². The van der Waals surface area contributed by atoms with Gasteiger partial charge in [-0.3, -0.25) is 4.68 Å². The van der Waals surface area contributed by atoms with E-state index in [-0.39, 0.29) is 0 Å². The van der Waals surface area contributed by atoms with Gasteiger partial charge in [-0.15, -0.1) is 0 Å². The molecule has 4 nitrogen and oxygen atoms in total. The van der Waals surface area contributed by atoms with Gasteiger partial charge < -0.3 is 10.1 Å². The van der Waals surface area contributed by atoms with Crippen molar-refractivity contribution in [3.63, 3.8) is 0 Å². The van der Waals surface area contributed by atoms with E-state index >= 15 is 0 Å². The van der Waals surface area contributed by atoms with Crippen molar-refractivity contribution in [2.45, 2.75) is 53.1 Å². The zero-order valence-electron chi connectivity index (χ0n) is 12.0. The third-order valence-electron chi connectivity index (χ3n) is 3.04. The highest BCUT2D eigenvalue weighted by atomic mass is 16.5. The molecule has 1 N–H and O–H groups in total. The summed E-state index contributed by atoms with van der Waals surface area (Å²) in [6, 6.07) is 0. The predicted molar refractivity (Wildman–Crippen MR) is 74.7 cm³/mol. The molecule has 0 saturated carbocycles. The number of nitrogens with zero attached hydrogens (tertiary/aromatic N) is 2. The van der Waals surface area contributed by atoms with Gasteiger partial charge in [-0.2, -0.15) is 5.10 Å². The number of nitrogens with one attached hydrogen (secondary N) is 1. The van der Waals surface area contributed by atoms with Gasteiger partial charge >= 0.3 is 0 Å². The van der Waals surface area contributed by atoms with E-state index in [4.69, 9.17) is 4.74 Å². The van der Waals surface area contributed by atoms with Crippen molar-refractivity contribution in [2.24, 2.45) is 0 Å². The van der Waals surface area contributed by atoms with Gasteiger partial charge in [-0.25, -0.2) is 0 Å². The van der Waals surface area contributed by atoms with Crippen molar-refractivity contribution in [1.82, 2.24) is 15.1 Å². The lowest BCUT2D eigenvalue weighted by Crippen LogP contribution is -2.15. The van der Waals surface area contributed by atoms with E-state index in [9.17, 15) is 0 Å². The van der Waals surface area contributed by atoms with Gasteiger partial charge in [0.1, 0.15) is 0 Å². The number of ether oxygens (including phenoxy) is 1. The van der Waals surface area contributed by atoms with E-state index < -0.39 is 0 Å². The number of hydrogen-bond acceptors (Lipinski definition) is 3. The first kappa shape index (κ1) is 15.2. The molecule has 0 saturated heterocycles. The molecular formula is C14H27N3O. The molecule has 0 aliphatic heterocycles. The first-order valence-corrected chi connectivity index (χ1v) is 7.09. The van der Waals surface area contributed by atoms with Crippen LogP contribution in [-0.4, -0.2) is 29.5 Å². The first-order chi connectivity index (χ1) is 8.79. The highest BCUT2D eigenvalue weighted by molar-refractivity contribution is 5.15. The van der Waals surface area contributed by atoms with Crippen molar-refractivity contribution in [1.29, 1.82) is 0 Å². The van der Waals surface area contributed by atoms with Gasteiger partial charge in [0.05, 0.1) is 19.3 Å². The second-order valence-electron chi connectivity index (χ2n) is 4.62. The summed E-state index contributed by atoms with van der Waals surface area (Å²) < 4.78 is 7.60. The highest BCUT2D eigenvalue weighted by Crippen LogP contribution is 2.06. The lowest BCUT2D eigenvalue weighted by Gasteiger charge is -2.07. The van der Waals surface area contributed by atoms with Crippen LogP contribution in [0.15, 0.2) is 6.20 Å². The van der Waals surface area contributed by atoms with E-state index in [2.05, 4.69) is 31.2 Å². The van der Waals surface area contributed by atoms with Crippen LogP contribution in [0.25, 0.3) is 0 Å². The van der Waals surface area contributed by atoms with Gasteiger partial charge in [-0.1, -0.05) is 20.3 Å². The fraction of sp³-hybridized carbons (Fsp3) is 0.786. The molecule has 0 aromatic carbocycles. The zero-order valence-corrected chi connectivity index (χ0v) is 12.0. The summed E-state index contributed by atoms with van der Waals surface area (Å²) in [5.74, 6) is 0. The smallest absolute Gasteiger partial charge is 0.0662 e. The molecule has 104 valence electrons. The Morgan fingerprint density at radius 3 is 2.83 bits per heavy atom. The maximum Gasteiger partial charge on any atom is 0.0662 e. The van der Waals surface area contributed by atoms with Crippen LogP contribution in [0.1, 0.15) is 44.4 Å². The van der Waals surface area contributed by atoms with Crippen molar-refractivity contribution >= 4 is 0 Å². The summed E-state index contributed by atoms with van der Waals surface area (Å²) in [7, 11) is 0. The van der Waals surface area contributed by atoms with Crippen LogP contribution in [-0.2, 0) is 17.8 Å². The topological polar surface area (TPSA) is 39.1 Å². The minimum atomic E-state index is 0.754. The van der Waals surface area contributed by atoms with Crippen LogP contribution >= 0.6 is 0 Å². The summed E-state index contributed by atoms with van der Waals surface area (Å²) in [6.45, 7) is 10.9. The number of aromatic nitrogens is 2. The Labute approximate surface area is 111 Å². The Morgan fingerprint density at radius 2 is 2.11 bits per heavy atom. The minimum Gasteiger partial charge on any atom is -0.380 e. The number of rotatable bonds is 10. The van der Waals surface area contributed by atoms with Crippen LogP contribution in [0.3, 0.4) is 0 Å². The summed E-state index contributed by atoms with van der Waals surface area (Å²) in [6.07, 6.45) is 5.46. The van der Waals surface area contributed by atoms with Gasteiger partial charge in [0.15, 0.2) is 0 Å². The fourth-order valence-corrected chi connectivity index (χ4v) is 1.78. The molecule has 1 rings (SSSR count). The molecule has 0 aliphatic rings. The Bertz CT molecular complexity index is 323. The SMILES string of the molecule is CCCCOCCn1ncc(CNCCC)c1C. The van der Waals surface area contributed by atoms with E-state index in [1.807, 2.05) is 10.9 Å². The van der Waals surface area contributed by atoms with Gasteiger partial charge in [0, 0.05) is 24.4 Å². The highest BCUT2D eigenvalue weighted by Gasteiger charge is 2.05. The summed E-state index contributed by atoms with van der Waals surface area (Å²) in [5, 5.41) is 7.81. The Balaban J connectivity index is 2.29. The van der Waals surface area contributed by atoms with Crippen molar-refractivity contribution in [3.8, 4) is 0 Å². The van der Waals surface area contributed by atoms with E-state index in [1.54, 1.807) is 0 Å². The molecule has 0 atom stereocenters. The quantitative estimate of drug-likeness (QED) is 0.651. The second kappa shape index (κ2) is 9.11. The van der Waals surface area contributed by atoms with Crippen molar-refractivity contribution in [2.75, 3.05) is 19.8 Å². The Morgan fingerprint density at radius 1 is 1.28 bits per heavy atom. The Hall–Kier alpha value is -0.870. The maximum atomic E-state index is 5.56. The van der Waals surface area contributed by atoms with Crippen LogP contribution in [0, 0.1) is 6.92 Å². The largest absolute Gasteiger partial charge is 0.380 e. The molecule has 0 fully saturated rings. The molecule has 0 radical (unpaired) electrons. The predicted octanol–water partition coefficient (Wildman–Crippen LogP) is 2.51. The normalized spacial score (nSPS) is 11.1. The molecule has 0 aliphatic carbocycles. The van der Waals surface area contributed by atoms with Gasteiger partial charge in [-0.05, 0) is 26.3 Å². The monoisotopic (exact) mass is 253 g/mol. The molecule has 4 heteroatoms. The van der Waals surface area contributed by atoms with E-state index in [1.165, 1.54) is 24.1 Å². The average molecular weight is 253 g/mol. The zero-order chi connectivity index (χ0) is 13.2. The lowest BCUT2D eigenvalue weighted by molar-refractivity contribution is 0.120. The van der Waals surface area contributed by atoms with Crippen molar-refractivity contribution < 1.29 is 4.74 Å². The van der Waals surface area contributed by atoms with Gasteiger partial charge in [0.2, 0.25) is 0 Å². The fourth-order valence-electron chi connectivity index (χ4n) is 1.78. The number of hydrogen-bond donors (Lipinski definition) is 1. The second-order valence-corrected chi connectivity index (χ2v) is 4.62. The minimum absolute atomic E-state index is 0.754. The molecule has 0 amide bonds.